The molecular formula is C19H20N4O2. The van der Waals surface area contributed by atoms with Gasteiger partial charge in [-0.2, -0.15) is 4.98 Å². The van der Waals surface area contributed by atoms with Gasteiger partial charge in [0.1, 0.15) is 5.69 Å². The van der Waals surface area contributed by atoms with Gasteiger partial charge in [0.25, 0.3) is 5.91 Å². The van der Waals surface area contributed by atoms with E-state index < -0.39 is 0 Å². The van der Waals surface area contributed by atoms with Gasteiger partial charge >= 0.3 is 0 Å². The molecule has 6 heteroatoms. The van der Waals surface area contributed by atoms with Crippen LogP contribution >= 0.6 is 0 Å². The van der Waals surface area contributed by atoms with Crippen molar-refractivity contribution >= 4 is 5.91 Å². The van der Waals surface area contributed by atoms with Crippen LogP contribution in [0.15, 0.2) is 47.1 Å². The van der Waals surface area contributed by atoms with Gasteiger partial charge < -0.3 is 14.4 Å². The molecule has 25 heavy (non-hydrogen) atoms. The molecule has 3 aromatic rings. The van der Waals surface area contributed by atoms with Gasteiger partial charge in [0.2, 0.25) is 5.89 Å². The quantitative estimate of drug-likeness (QED) is 0.795. The molecular weight excluding hydrogens is 316 g/mol. The van der Waals surface area contributed by atoms with E-state index in [1.807, 2.05) is 29.0 Å². The predicted octanol–water partition coefficient (Wildman–Crippen LogP) is 3.04. The zero-order valence-corrected chi connectivity index (χ0v) is 14.1. The van der Waals surface area contributed by atoms with Gasteiger partial charge in [0.05, 0.1) is 12.6 Å². The summed E-state index contributed by atoms with van der Waals surface area (Å²) in [5, 5.41) is 7.08. The third kappa shape index (κ3) is 3.20. The summed E-state index contributed by atoms with van der Waals surface area (Å²) in [4.78, 5) is 17.0. The van der Waals surface area contributed by atoms with E-state index in [1.165, 1.54) is 11.1 Å². The minimum atomic E-state index is -0.0769. The Hall–Kier alpha value is -2.89. The number of nitrogens with zero attached hydrogens (tertiary/aromatic N) is 3. The van der Waals surface area contributed by atoms with Crippen LogP contribution in [0.2, 0.25) is 0 Å². The Kier molecular flexibility index (Phi) is 4.09. The number of benzene rings is 1. The Labute approximate surface area is 145 Å². The summed E-state index contributed by atoms with van der Waals surface area (Å²) in [6, 6.07) is 12.1. The minimum Gasteiger partial charge on any atom is -0.344 e. The van der Waals surface area contributed by atoms with Crippen LogP contribution in [-0.2, 0) is 13.0 Å². The van der Waals surface area contributed by atoms with Gasteiger partial charge in [-0.25, -0.2) is 0 Å². The Morgan fingerprint density at radius 1 is 1.32 bits per heavy atom. The number of rotatable bonds is 4. The zero-order valence-electron chi connectivity index (χ0n) is 14.1. The van der Waals surface area contributed by atoms with E-state index in [-0.39, 0.29) is 11.9 Å². The number of aromatic nitrogens is 3. The molecule has 0 unspecified atom stereocenters. The Bertz CT molecular complexity index is 896. The Morgan fingerprint density at radius 2 is 2.20 bits per heavy atom. The van der Waals surface area contributed by atoms with Crippen LogP contribution in [0.3, 0.4) is 0 Å². The number of hydrogen-bond donors (Lipinski definition) is 1. The molecule has 1 aromatic carbocycles. The molecule has 0 spiro atoms. The first-order chi connectivity index (χ1) is 12.2. The summed E-state index contributed by atoms with van der Waals surface area (Å²) in [5.74, 6) is 1.00. The fraction of sp³-hybridized carbons (Fsp3) is 0.316. The van der Waals surface area contributed by atoms with E-state index >= 15 is 0 Å². The van der Waals surface area contributed by atoms with Crippen molar-refractivity contribution in [2.45, 2.75) is 38.8 Å². The first-order valence-electron chi connectivity index (χ1n) is 8.54. The van der Waals surface area contributed by atoms with Crippen molar-refractivity contribution in [3.8, 4) is 0 Å². The van der Waals surface area contributed by atoms with Gasteiger partial charge in [0, 0.05) is 13.1 Å². The molecule has 1 N–H and O–H groups in total. The molecule has 2 aromatic heterocycles. The number of aryl methyl sites for hydroxylation is 2. The van der Waals surface area contributed by atoms with Crippen molar-refractivity contribution in [1.29, 1.82) is 0 Å². The number of carbonyl (C=O) groups excluding carboxylic acids is 1. The van der Waals surface area contributed by atoms with E-state index in [0.29, 0.717) is 24.0 Å². The zero-order chi connectivity index (χ0) is 17.2. The first kappa shape index (κ1) is 15.6. The molecule has 2 heterocycles. The van der Waals surface area contributed by atoms with Crippen LogP contribution in [0.4, 0.5) is 0 Å². The third-order valence-corrected chi connectivity index (χ3v) is 4.62. The molecule has 0 aliphatic heterocycles. The van der Waals surface area contributed by atoms with Crippen LogP contribution in [-0.4, -0.2) is 20.6 Å². The number of amides is 1. The molecule has 6 nitrogen and oxygen atoms in total. The fourth-order valence-electron chi connectivity index (χ4n) is 3.45. The highest BCUT2D eigenvalue weighted by molar-refractivity contribution is 5.93. The summed E-state index contributed by atoms with van der Waals surface area (Å²) in [6.45, 7) is 2.16. The molecule has 1 amide bonds. The maximum absolute atomic E-state index is 12.8. The van der Waals surface area contributed by atoms with Crippen LogP contribution in [0.5, 0.6) is 0 Å². The Balaban J connectivity index is 1.52. The second-order valence-corrected chi connectivity index (χ2v) is 6.37. The van der Waals surface area contributed by atoms with Gasteiger partial charge in [-0.1, -0.05) is 29.4 Å². The summed E-state index contributed by atoms with van der Waals surface area (Å²) >= 11 is 0. The summed E-state index contributed by atoms with van der Waals surface area (Å²) < 4.78 is 6.84. The van der Waals surface area contributed by atoms with Crippen LogP contribution in [0.1, 0.15) is 52.2 Å². The molecule has 1 atom stereocenters. The Morgan fingerprint density at radius 3 is 3.04 bits per heavy atom. The molecule has 128 valence electrons. The highest BCUT2D eigenvalue weighted by Gasteiger charge is 2.23. The molecule has 0 fully saturated rings. The lowest BCUT2D eigenvalue weighted by Crippen LogP contribution is -2.32. The molecule has 4 rings (SSSR count). The number of hydrogen-bond acceptors (Lipinski definition) is 4. The summed E-state index contributed by atoms with van der Waals surface area (Å²) in [6.07, 6.45) is 4.99. The second-order valence-electron chi connectivity index (χ2n) is 6.37. The van der Waals surface area contributed by atoms with Crippen LogP contribution in [0.25, 0.3) is 0 Å². The number of fused-ring (bicyclic) bond motifs is 1. The van der Waals surface area contributed by atoms with Crippen molar-refractivity contribution in [3.63, 3.8) is 0 Å². The maximum Gasteiger partial charge on any atom is 0.268 e. The van der Waals surface area contributed by atoms with Gasteiger partial charge in [-0.05, 0) is 42.5 Å². The largest absolute Gasteiger partial charge is 0.344 e. The lowest BCUT2D eigenvalue weighted by molar-refractivity contribution is 0.0923. The molecule has 1 aliphatic carbocycles. The molecule has 0 saturated carbocycles. The topological polar surface area (TPSA) is 73.0 Å². The monoisotopic (exact) mass is 336 g/mol. The molecule has 0 bridgehead atoms. The van der Waals surface area contributed by atoms with Crippen LogP contribution < -0.4 is 5.32 Å². The highest BCUT2D eigenvalue weighted by Crippen LogP contribution is 2.29. The van der Waals surface area contributed by atoms with Gasteiger partial charge in [-0.15, -0.1) is 0 Å². The van der Waals surface area contributed by atoms with Crippen molar-refractivity contribution in [1.82, 2.24) is 20.0 Å². The number of carbonyl (C=O) groups is 1. The molecule has 1 aliphatic rings. The predicted molar refractivity (Wildman–Crippen MR) is 92.2 cm³/mol. The highest BCUT2D eigenvalue weighted by atomic mass is 16.5. The van der Waals surface area contributed by atoms with E-state index in [1.54, 1.807) is 6.92 Å². The number of nitrogens with one attached hydrogen (secondary N) is 1. The van der Waals surface area contributed by atoms with Crippen LogP contribution in [0, 0.1) is 6.92 Å². The SMILES string of the molecule is Cc1nc(Cn2cccc2C(=O)N[C@H]2CCCc3ccccc32)no1. The second kappa shape index (κ2) is 6.55. The maximum atomic E-state index is 12.8. The van der Waals surface area contributed by atoms with Crippen molar-refractivity contribution in [3.05, 3.63) is 71.1 Å². The van der Waals surface area contributed by atoms with E-state index in [9.17, 15) is 4.79 Å². The van der Waals surface area contributed by atoms with Crippen molar-refractivity contribution < 1.29 is 9.32 Å². The first-order valence-corrected chi connectivity index (χ1v) is 8.54. The lowest BCUT2D eigenvalue weighted by Gasteiger charge is -2.26. The molecule has 0 saturated heterocycles. The summed E-state index contributed by atoms with van der Waals surface area (Å²) in [5.41, 5.74) is 3.16. The average molecular weight is 336 g/mol. The molecule has 0 radical (unpaired) electrons. The summed E-state index contributed by atoms with van der Waals surface area (Å²) in [7, 11) is 0. The van der Waals surface area contributed by atoms with E-state index in [0.717, 1.165) is 19.3 Å². The minimum absolute atomic E-state index is 0.0632. The lowest BCUT2D eigenvalue weighted by atomic mass is 9.87. The normalized spacial score (nSPS) is 16.4. The van der Waals surface area contributed by atoms with Crippen molar-refractivity contribution in [2.24, 2.45) is 0 Å². The van der Waals surface area contributed by atoms with Gasteiger partial charge in [0.15, 0.2) is 5.82 Å². The van der Waals surface area contributed by atoms with E-state index in [2.05, 4.69) is 33.7 Å². The average Bonchev–Trinajstić information content (AvgIpc) is 3.24. The standard InChI is InChI=1S/C19H20N4O2/c1-13-20-18(22-25-13)12-23-11-5-10-17(23)19(24)21-16-9-4-7-14-6-2-3-8-15(14)16/h2-3,5-6,8,10-11,16H,4,7,9,12H2,1H3,(H,21,24)/t16-/m0/s1. The smallest absolute Gasteiger partial charge is 0.268 e. The van der Waals surface area contributed by atoms with Gasteiger partial charge in [-0.3, -0.25) is 4.79 Å². The van der Waals surface area contributed by atoms with E-state index in [4.69, 9.17) is 4.52 Å². The fourth-order valence-corrected chi connectivity index (χ4v) is 3.45. The van der Waals surface area contributed by atoms with Crippen molar-refractivity contribution in [2.75, 3.05) is 0 Å². The third-order valence-electron chi connectivity index (χ3n) is 4.62.